The highest BCUT2D eigenvalue weighted by Gasteiger charge is 2.25. The molecule has 0 spiro atoms. The van der Waals surface area contributed by atoms with E-state index in [9.17, 15) is 9.59 Å². The van der Waals surface area contributed by atoms with Crippen LogP contribution in [0.2, 0.25) is 5.02 Å². The molecule has 1 saturated carbocycles. The molecule has 8 nitrogen and oxygen atoms in total. The third kappa shape index (κ3) is 4.56. The van der Waals surface area contributed by atoms with Crippen molar-refractivity contribution in [3.05, 3.63) is 62.5 Å². The molecule has 1 aliphatic heterocycles. The quantitative estimate of drug-likeness (QED) is 0.595. The second-order valence-corrected chi connectivity index (χ2v) is 9.03. The zero-order valence-corrected chi connectivity index (χ0v) is 19.0. The summed E-state index contributed by atoms with van der Waals surface area (Å²) in [6.45, 7) is 4.88. The Labute approximate surface area is 194 Å². The molecule has 2 aliphatic rings. The summed E-state index contributed by atoms with van der Waals surface area (Å²) >= 11 is 6.33. The second-order valence-electron chi connectivity index (χ2n) is 8.62. The summed E-state index contributed by atoms with van der Waals surface area (Å²) in [5, 5.41) is 3.25. The van der Waals surface area contributed by atoms with Crippen LogP contribution >= 0.6 is 11.6 Å². The average Bonchev–Trinajstić information content (AvgIpc) is 3.63. The lowest BCUT2D eigenvalue weighted by molar-refractivity contribution is 0.0946. The van der Waals surface area contributed by atoms with E-state index in [1.807, 2.05) is 6.07 Å². The van der Waals surface area contributed by atoms with Gasteiger partial charge in [0.15, 0.2) is 5.82 Å². The number of carbonyl (C=O) groups excluding carboxylic acids is 1. The fourth-order valence-electron chi connectivity index (χ4n) is 4.03. The van der Waals surface area contributed by atoms with Crippen molar-refractivity contribution in [1.29, 1.82) is 0 Å². The van der Waals surface area contributed by atoms with Gasteiger partial charge in [0, 0.05) is 44.3 Å². The van der Waals surface area contributed by atoms with Gasteiger partial charge in [0.1, 0.15) is 22.4 Å². The average molecular weight is 471 g/mol. The number of pyridine rings is 1. The summed E-state index contributed by atoms with van der Waals surface area (Å²) in [6.07, 6.45) is 3.81. The summed E-state index contributed by atoms with van der Waals surface area (Å²) in [7, 11) is 0. The molecular formula is C23H24ClFN6O2. The molecule has 1 amide bonds. The number of anilines is 1. The van der Waals surface area contributed by atoms with Gasteiger partial charge in [0.2, 0.25) is 0 Å². The first-order chi connectivity index (χ1) is 15.9. The number of fused-ring (bicyclic) bond motifs is 1. The number of rotatable bonds is 5. The lowest BCUT2D eigenvalue weighted by Crippen LogP contribution is -2.46. The number of carbonyl (C=O) groups is 1. The molecule has 2 fully saturated rings. The Bertz CT molecular complexity index is 1270. The van der Waals surface area contributed by atoms with E-state index in [1.54, 1.807) is 25.3 Å². The van der Waals surface area contributed by atoms with E-state index >= 15 is 4.39 Å². The maximum Gasteiger partial charge on any atom is 0.270 e. The van der Waals surface area contributed by atoms with Gasteiger partial charge in [0.25, 0.3) is 11.5 Å². The van der Waals surface area contributed by atoms with E-state index in [0.29, 0.717) is 28.9 Å². The van der Waals surface area contributed by atoms with Gasteiger partial charge in [-0.15, -0.1) is 0 Å². The molecule has 1 aromatic carbocycles. The third-order valence-electron chi connectivity index (χ3n) is 6.14. The Morgan fingerprint density at radius 1 is 1.27 bits per heavy atom. The van der Waals surface area contributed by atoms with E-state index in [4.69, 9.17) is 11.6 Å². The van der Waals surface area contributed by atoms with E-state index in [1.165, 1.54) is 0 Å². The Morgan fingerprint density at radius 2 is 2.03 bits per heavy atom. The maximum atomic E-state index is 15.1. The summed E-state index contributed by atoms with van der Waals surface area (Å²) in [5.41, 5.74) is 1.94. The van der Waals surface area contributed by atoms with Crippen LogP contribution in [0, 0.1) is 12.7 Å². The normalized spacial score (nSPS) is 16.9. The van der Waals surface area contributed by atoms with Crippen LogP contribution in [0.3, 0.4) is 0 Å². The molecule has 1 aliphatic carbocycles. The van der Waals surface area contributed by atoms with E-state index in [2.05, 4.69) is 30.1 Å². The summed E-state index contributed by atoms with van der Waals surface area (Å²) in [4.78, 5) is 39.4. The molecule has 0 unspecified atom stereocenters. The van der Waals surface area contributed by atoms with Crippen LogP contribution in [-0.2, 0) is 6.54 Å². The molecule has 3 aromatic rings. The van der Waals surface area contributed by atoms with Gasteiger partial charge in [-0.1, -0.05) is 11.6 Å². The maximum absolute atomic E-state index is 15.1. The number of piperazine rings is 1. The monoisotopic (exact) mass is 470 g/mol. The number of aryl methyl sites for hydroxylation is 1. The number of benzene rings is 1. The number of aromatic nitrogens is 3. The van der Waals surface area contributed by atoms with Crippen molar-refractivity contribution in [2.45, 2.75) is 32.4 Å². The second kappa shape index (κ2) is 8.72. The first kappa shape index (κ1) is 21.8. The van der Waals surface area contributed by atoms with Crippen molar-refractivity contribution in [3.8, 4) is 0 Å². The number of aromatic amines is 1. The molecule has 10 heteroatoms. The van der Waals surface area contributed by atoms with Gasteiger partial charge in [-0.25, -0.2) is 14.4 Å². The number of nitrogens with one attached hydrogen (secondary N) is 2. The van der Waals surface area contributed by atoms with Crippen molar-refractivity contribution >= 4 is 34.2 Å². The minimum atomic E-state index is -0.495. The topological polar surface area (TPSA) is 94.2 Å². The van der Waals surface area contributed by atoms with E-state index < -0.39 is 11.4 Å². The first-order valence-corrected chi connectivity index (χ1v) is 11.4. The van der Waals surface area contributed by atoms with Gasteiger partial charge in [-0.2, -0.15) is 0 Å². The minimum absolute atomic E-state index is 0.0450. The number of nitrogens with zero attached hydrogens (tertiary/aromatic N) is 4. The van der Waals surface area contributed by atoms with Crippen molar-refractivity contribution in [1.82, 2.24) is 25.2 Å². The molecule has 33 heavy (non-hydrogen) atoms. The zero-order chi connectivity index (χ0) is 23.1. The van der Waals surface area contributed by atoms with Crippen molar-refractivity contribution in [2.24, 2.45) is 0 Å². The van der Waals surface area contributed by atoms with Crippen molar-refractivity contribution in [2.75, 3.05) is 31.1 Å². The molecule has 2 N–H and O–H groups in total. The van der Waals surface area contributed by atoms with Crippen LogP contribution in [0.1, 0.15) is 34.6 Å². The Hall–Kier alpha value is -3.04. The van der Waals surface area contributed by atoms with Gasteiger partial charge in [-0.05, 0) is 38.0 Å². The standard InChI is InChI=1S/C23H24ClFN6O2/c1-13-22(32)29-21-19(25)14(10-17(24)20(21)27-13)12-30-6-8-31(9-7-30)16-4-5-18(26-11-16)23(33)28-15-2-3-15/h4-5,10-11,15H,2-3,6-9,12H2,1H3,(H,28,33)(H,29,32). The predicted molar refractivity (Wildman–Crippen MR) is 124 cm³/mol. The summed E-state index contributed by atoms with van der Waals surface area (Å²) < 4.78 is 15.1. The number of halogens is 2. The van der Waals surface area contributed by atoms with Gasteiger partial charge < -0.3 is 15.2 Å². The fraction of sp³-hybridized carbons (Fsp3) is 0.391. The highest BCUT2D eigenvalue weighted by atomic mass is 35.5. The lowest BCUT2D eigenvalue weighted by Gasteiger charge is -2.36. The predicted octanol–water partition coefficient (Wildman–Crippen LogP) is 2.63. The first-order valence-electron chi connectivity index (χ1n) is 11.0. The van der Waals surface area contributed by atoms with Gasteiger partial charge >= 0.3 is 0 Å². The Morgan fingerprint density at radius 3 is 2.70 bits per heavy atom. The molecule has 3 heterocycles. The molecule has 2 aromatic heterocycles. The molecule has 0 radical (unpaired) electrons. The summed E-state index contributed by atoms with van der Waals surface area (Å²) in [6, 6.07) is 5.56. The molecular weight excluding hydrogens is 447 g/mol. The molecule has 0 atom stereocenters. The largest absolute Gasteiger partial charge is 0.368 e. The Kier molecular flexibility index (Phi) is 5.76. The van der Waals surface area contributed by atoms with Crippen molar-refractivity contribution < 1.29 is 9.18 Å². The fourth-order valence-corrected chi connectivity index (χ4v) is 4.30. The van der Waals surface area contributed by atoms with Crippen LogP contribution in [0.15, 0.2) is 29.2 Å². The minimum Gasteiger partial charge on any atom is -0.368 e. The Balaban J connectivity index is 1.24. The highest BCUT2D eigenvalue weighted by molar-refractivity contribution is 6.35. The highest BCUT2D eigenvalue weighted by Crippen LogP contribution is 2.27. The van der Waals surface area contributed by atoms with Crippen LogP contribution in [0.5, 0.6) is 0 Å². The van der Waals surface area contributed by atoms with Gasteiger partial charge in [-0.3, -0.25) is 14.5 Å². The smallest absolute Gasteiger partial charge is 0.270 e. The molecule has 172 valence electrons. The lowest BCUT2D eigenvalue weighted by atomic mass is 10.1. The van der Waals surface area contributed by atoms with Crippen LogP contribution in [-0.4, -0.2) is 58.0 Å². The molecule has 1 saturated heterocycles. The van der Waals surface area contributed by atoms with Gasteiger partial charge in [0.05, 0.1) is 16.9 Å². The van der Waals surface area contributed by atoms with Crippen molar-refractivity contribution in [3.63, 3.8) is 0 Å². The molecule has 0 bridgehead atoms. The summed E-state index contributed by atoms with van der Waals surface area (Å²) in [5.74, 6) is -0.623. The SMILES string of the molecule is Cc1nc2c(Cl)cc(CN3CCN(c4ccc(C(=O)NC5CC5)nc4)CC3)c(F)c2[nH]c1=O. The zero-order valence-electron chi connectivity index (χ0n) is 18.2. The van der Waals surface area contributed by atoms with E-state index in [0.717, 1.165) is 44.7 Å². The van der Waals surface area contributed by atoms with Crippen LogP contribution < -0.4 is 15.8 Å². The third-order valence-corrected chi connectivity index (χ3v) is 6.42. The number of hydrogen-bond acceptors (Lipinski definition) is 6. The van der Waals surface area contributed by atoms with Crippen LogP contribution in [0.25, 0.3) is 11.0 Å². The van der Waals surface area contributed by atoms with E-state index in [-0.39, 0.29) is 22.6 Å². The number of amides is 1. The van der Waals surface area contributed by atoms with Crippen LogP contribution in [0.4, 0.5) is 10.1 Å². The number of hydrogen-bond donors (Lipinski definition) is 2. The number of H-pyrrole nitrogens is 1. The molecule has 5 rings (SSSR count).